The van der Waals surface area contributed by atoms with Crippen LogP contribution in [-0.2, 0) is 0 Å². The summed E-state index contributed by atoms with van der Waals surface area (Å²) < 4.78 is 19.4. The lowest BCUT2D eigenvalue weighted by molar-refractivity contribution is 0.0257. The molecule has 0 atom stereocenters. The molecular weight excluding hydrogens is 401 g/mol. The first-order valence-corrected chi connectivity index (χ1v) is 10.4. The first-order valence-electron chi connectivity index (χ1n) is 10.4. The Hall–Kier alpha value is -2.98. The minimum absolute atomic E-state index is 0.00768. The maximum absolute atomic E-state index is 14.0. The predicted octanol–water partition coefficient (Wildman–Crippen LogP) is 2.23. The van der Waals surface area contributed by atoms with Gasteiger partial charge in [0.15, 0.2) is 11.6 Å². The smallest absolute Gasteiger partial charge is 0.323 e. The van der Waals surface area contributed by atoms with Crippen molar-refractivity contribution in [3.8, 4) is 11.6 Å². The van der Waals surface area contributed by atoms with Gasteiger partial charge in [0.1, 0.15) is 12.1 Å². The van der Waals surface area contributed by atoms with E-state index in [0.29, 0.717) is 11.7 Å². The molecule has 3 heterocycles. The number of anilines is 2. The predicted molar refractivity (Wildman–Crippen MR) is 116 cm³/mol. The van der Waals surface area contributed by atoms with Gasteiger partial charge in [-0.05, 0) is 32.0 Å². The van der Waals surface area contributed by atoms with Crippen LogP contribution in [0, 0.1) is 5.82 Å². The molecule has 10 heteroatoms. The quantitative estimate of drug-likeness (QED) is 0.703. The summed E-state index contributed by atoms with van der Waals surface area (Å²) in [6, 6.07) is 6.16. The average molecular weight is 430 g/mol. The number of amides is 2. The number of ether oxygens (including phenoxy) is 1. The Kier molecular flexibility index (Phi) is 6.19. The zero-order valence-corrected chi connectivity index (χ0v) is 17.8. The second kappa shape index (κ2) is 9.03. The van der Waals surface area contributed by atoms with Crippen LogP contribution < -0.4 is 15.8 Å². The zero-order valence-electron chi connectivity index (χ0n) is 17.8. The van der Waals surface area contributed by atoms with Gasteiger partial charge in [0.05, 0.1) is 0 Å². The summed E-state index contributed by atoms with van der Waals surface area (Å²) in [6.07, 6.45) is 3.14. The Morgan fingerprint density at radius 3 is 2.68 bits per heavy atom. The van der Waals surface area contributed by atoms with Crippen molar-refractivity contribution in [1.29, 1.82) is 0 Å². The molecule has 0 bridgehead atoms. The fourth-order valence-electron chi connectivity index (χ4n) is 4.08. The van der Waals surface area contributed by atoms with Gasteiger partial charge in [0, 0.05) is 63.1 Å². The normalized spacial score (nSPS) is 18.4. The largest absolute Gasteiger partial charge is 0.436 e. The van der Waals surface area contributed by atoms with Gasteiger partial charge in [-0.15, -0.1) is 0 Å². The molecule has 166 valence electrons. The van der Waals surface area contributed by atoms with Crippen molar-refractivity contribution in [2.45, 2.75) is 24.9 Å². The number of nitrogens with one attached hydrogen (secondary N) is 1. The highest BCUT2D eigenvalue weighted by molar-refractivity contribution is 5.88. The maximum atomic E-state index is 14.0. The summed E-state index contributed by atoms with van der Waals surface area (Å²) in [4.78, 5) is 27.3. The molecule has 0 aliphatic carbocycles. The molecule has 1 aromatic carbocycles. The third-order valence-electron chi connectivity index (χ3n) is 5.98. The number of nitrogens with zero attached hydrogens (tertiary/aromatic N) is 5. The van der Waals surface area contributed by atoms with Gasteiger partial charge in [-0.25, -0.2) is 19.2 Å². The van der Waals surface area contributed by atoms with Crippen molar-refractivity contribution in [3.63, 3.8) is 0 Å². The number of aromatic nitrogens is 2. The van der Waals surface area contributed by atoms with E-state index in [-0.39, 0.29) is 29.5 Å². The Morgan fingerprint density at radius 1 is 1.26 bits per heavy atom. The number of piperidine rings is 1. The van der Waals surface area contributed by atoms with Crippen molar-refractivity contribution in [2.75, 3.05) is 51.3 Å². The van der Waals surface area contributed by atoms with E-state index in [1.807, 2.05) is 0 Å². The number of hydrogen-bond donors (Lipinski definition) is 2. The summed E-state index contributed by atoms with van der Waals surface area (Å²) in [6.45, 7) is 4.25. The Labute approximate surface area is 181 Å². The van der Waals surface area contributed by atoms with Crippen molar-refractivity contribution in [3.05, 3.63) is 36.4 Å². The fourth-order valence-corrected chi connectivity index (χ4v) is 4.08. The highest BCUT2D eigenvalue weighted by atomic mass is 19.1. The van der Waals surface area contributed by atoms with E-state index in [1.54, 1.807) is 11.9 Å². The SMILES string of the molecule is CN1CC(N2CCC(N(C)C(=O)Nc3cc(Oc4ccc(N)cc4F)ncn3)CC2)C1. The molecule has 9 nitrogen and oxygen atoms in total. The standard InChI is InChI=1S/C21H28FN7O2/c1-27-11-16(12-27)29-7-5-15(6-8-29)28(2)21(30)26-19-10-20(25-13-24-19)31-18-4-3-14(23)9-17(18)22/h3-4,9-10,13,15-16H,5-8,11-12,23H2,1-2H3,(H,24,25,26,30). The third-order valence-corrected chi connectivity index (χ3v) is 5.98. The number of carbonyl (C=O) groups is 1. The minimum atomic E-state index is -0.594. The van der Waals surface area contributed by atoms with Crippen LogP contribution in [0.15, 0.2) is 30.6 Å². The number of nitrogens with two attached hydrogens (primary N) is 1. The van der Waals surface area contributed by atoms with E-state index in [4.69, 9.17) is 10.5 Å². The molecule has 3 N–H and O–H groups in total. The van der Waals surface area contributed by atoms with Gasteiger partial charge in [0.25, 0.3) is 0 Å². The van der Waals surface area contributed by atoms with Crippen LogP contribution in [0.4, 0.5) is 20.7 Å². The van der Waals surface area contributed by atoms with Gasteiger partial charge >= 0.3 is 6.03 Å². The van der Waals surface area contributed by atoms with Crippen molar-refractivity contribution < 1.29 is 13.9 Å². The van der Waals surface area contributed by atoms with E-state index in [2.05, 4.69) is 32.1 Å². The molecule has 2 aromatic rings. The van der Waals surface area contributed by atoms with Gasteiger partial charge in [-0.2, -0.15) is 0 Å². The van der Waals surface area contributed by atoms with Crippen LogP contribution in [-0.4, -0.2) is 83.1 Å². The minimum Gasteiger partial charge on any atom is -0.436 e. The second-order valence-corrected chi connectivity index (χ2v) is 8.22. The molecule has 0 saturated carbocycles. The van der Waals surface area contributed by atoms with Crippen LogP contribution in [0.1, 0.15) is 12.8 Å². The second-order valence-electron chi connectivity index (χ2n) is 8.22. The molecule has 4 rings (SSSR count). The first kappa shape index (κ1) is 21.3. The van der Waals surface area contributed by atoms with E-state index in [0.717, 1.165) is 39.0 Å². The number of urea groups is 1. The number of likely N-dealkylation sites (N-methyl/N-ethyl adjacent to an activating group) is 1. The number of carbonyl (C=O) groups excluding carboxylic acids is 1. The first-order chi connectivity index (χ1) is 14.9. The van der Waals surface area contributed by atoms with E-state index in [1.165, 1.54) is 30.6 Å². The summed E-state index contributed by atoms with van der Waals surface area (Å²) in [5, 5.41) is 2.77. The summed E-state index contributed by atoms with van der Waals surface area (Å²) in [7, 11) is 3.94. The van der Waals surface area contributed by atoms with Gasteiger partial charge in [0.2, 0.25) is 5.88 Å². The molecule has 0 radical (unpaired) electrons. The molecule has 2 fully saturated rings. The summed E-state index contributed by atoms with van der Waals surface area (Å²) >= 11 is 0. The number of nitrogen functional groups attached to an aromatic ring is 1. The molecule has 0 unspecified atom stereocenters. The van der Waals surface area contributed by atoms with Gasteiger partial charge in [-0.3, -0.25) is 10.2 Å². The van der Waals surface area contributed by atoms with Crippen molar-refractivity contribution >= 4 is 17.5 Å². The summed E-state index contributed by atoms with van der Waals surface area (Å²) in [5.41, 5.74) is 5.85. The van der Waals surface area contributed by atoms with Crippen LogP contribution in [0.2, 0.25) is 0 Å². The van der Waals surface area contributed by atoms with E-state index in [9.17, 15) is 9.18 Å². The number of benzene rings is 1. The van der Waals surface area contributed by atoms with E-state index < -0.39 is 5.82 Å². The molecule has 31 heavy (non-hydrogen) atoms. The number of likely N-dealkylation sites (tertiary alicyclic amines) is 2. The van der Waals surface area contributed by atoms with Gasteiger partial charge in [-0.1, -0.05) is 0 Å². The Balaban J connectivity index is 1.31. The number of halogens is 1. The van der Waals surface area contributed by atoms with Crippen LogP contribution in [0.3, 0.4) is 0 Å². The molecule has 1 aromatic heterocycles. The molecule has 2 aliphatic heterocycles. The van der Waals surface area contributed by atoms with Gasteiger partial charge < -0.3 is 20.3 Å². The highest BCUT2D eigenvalue weighted by Crippen LogP contribution is 2.26. The zero-order chi connectivity index (χ0) is 22.0. The van der Waals surface area contributed by atoms with Crippen LogP contribution in [0.5, 0.6) is 11.6 Å². The highest BCUT2D eigenvalue weighted by Gasteiger charge is 2.33. The molecule has 2 aliphatic rings. The Morgan fingerprint density at radius 2 is 2.00 bits per heavy atom. The van der Waals surface area contributed by atoms with Crippen molar-refractivity contribution in [1.82, 2.24) is 24.7 Å². The monoisotopic (exact) mass is 429 g/mol. The average Bonchev–Trinajstić information content (AvgIpc) is 2.73. The number of hydrogen-bond acceptors (Lipinski definition) is 7. The Bertz CT molecular complexity index is 930. The lowest BCUT2D eigenvalue weighted by Gasteiger charge is -2.47. The van der Waals surface area contributed by atoms with Crippen LogP contribution in [0.25, 0.3) is 0 Å². The number of rotatable bonds is 5. The topological polar surface area (TPSA) is 99.8 Å². The molecule has 0 spiro atoms. The molecule has 2 amide bonds. The molecular formula is C21H28FN7O2. The lowest BCUT2D eigenvalue weighted by atomic mass is 9.99. The maximum Gasteiger partial charge on any atom is 0.323 e. The third kappa shape index (κ3) is 5.02. The molecule has 2 saturated heterocycles. The van der Waals surface area contributed by atoms with E-state index >= 15 is 0 Å². The summed E-state index contributed by atoms with van der Waals surface area (Å²) in [5.74, 6) is -0.196. The van der Waals surface area contributed by atoms with Crippen LogP contribution >= 0.6 is 0 Å². The van der Waals surface area contributed by atoms with Crippen molar-refractivity contribution in [2.24, 2.45) is 0 Å². The fraction of sp³-hybridized carbons (Fsp3) is 0.476. The lowest BCUT2D eigenvalue weighted by Crippen LogP contribution is -2.60.